The molecule has 1 aliphatic heterocycles. The molecule has 44 heavy (non-hydrogen) atoms. The minimum atomic E-state index is -1.05. The molecule has 0 radical (unpaired) electrons. The second-order valence-electron chi connectivity index (χ2n) is 11.1. The highest BCUT2D eigenvalue weighted by molar-refractivity contribution is 6.52. The topological polar surface area (TPSA) is 96.0 Å². The molecular formula is C36H35N3O5. The Morgan fingerprint density at radius 2 is 1.48 bits per heavy atom. The molecule has 0 fully saturated rings. The maximum absolute atomic E-state index is 14.3. The predicted molar refractivity (Wildman–Crippen MR) is 170 cm³/mol. The molecule has 4 aromatic carbocycles. The molecule has 1 aliphatic rings. The Morgan fingerprint density at radius 3 is 2.14 bits per heavy atom. The average molecular weight is 590 g/mol. The molecule has 1 N–H and O–H groups in total. The van der Waals surface area contributed by atoms with Gasteiger partial charge in [0.05, 0.1) is 18.4 Å². The van der Waals surface area contributed by atoms with Crippen molar-refractivity contribution < 1.29 is 23.9 Å². The Kier molecular flexibility index (Phi) is 8.90. The number of hydrogen-bond acceptors (Lipinski definition) is 5. The van der Waals surface area contributed by atoms with Crippen LogP contribution in [0.2, 0.25) is 0 Å². The van der Waals surface area contributed by atoms with Crippen LogP contribution in [-0.4, -0.2) is 42.1 Å². The van der Waals surface area contributed by atoms with Crippen molar-refractivity contribution in [2.45, 2.75) is 39.3 Å². The number of ether oxygens (including phenoxy) is 1. The van der Waals surface area contributed by atoms with Crippen molar-refractivity contribution in [3.63, 3.8) is 0 Å². The maximum atomic E-state index is 14.3. The van der Waals surface area contributed by atoms with E-state index in [2.05, 4.69) is 19.2 Å². The van der Waals surface area contributed by atoms with Crippen molar-refractivity contribution in [3.8, 4) is 5.75 Å². The Bertz CT molecular complexity index is 1700. The summed E-state index contributed by atoms with van der Waals surface area (Å²) < 4.78 is 5.25. The summed E-state index contributed by atoms with van der Waals surface area (Å²) >= 11 is 0. The third-order valence-corrected chi connectivity index (χ3v) is 7.93. The van der Waals surface area contributed by atoms with Crippen LogP contribution in [0.4, 0.5) is 11.4 Å². The van der Waals surface area contributed by atoms with Crippen LogP contribution in [0.3, 0.4) is 0 Å². The number of amides is 3. The third-order valence-electron chi connectivity index (χ3n) is 7.93. The van der Waals surface area contributed by atoms with Crippen LogP contribution in [0, 0.1) is 6.92 Å². The number of carbonyl (C=O) groups is 4. The lowest BCUT2D eigenvalue weighted by Gasteiger charge is -2.33. The number of fused-ring (bicyclic) bond motifs is 1. The number of nitrogens with one attached hydrogen (secondary N) is 1. The van der Waals surface area contributed by atoms with E-state index in [0.717, 1.165) is 16.7 Å². The van der Waals surface area contributed by atoms with Crippen molar-refractivity contribution in [3.05, 3.63) is 125 Å². The third kappa shape index (κ3) is 6.24. The van der Waals surface area contributed by atoms with Gasteiger partial charge in [0.2, 0.25) is 5.91 Å². The molecular weight excluding hydrogens is 554 g/mol. The number of rotatable bonds is 10. The fourth-order valence-electron chi connectivity index (χ4n) is 5.35. The van der Waals surface area contributed by atoms with Gasteiger partial charge in [-0.3, -0.25) is 24.1 Å². The molecule has 224 valence electrons. The van der Waals surface area contributed by atoms with Gasteiger partial charge in [0, 0.05) is 12.2 Å². The number of benzene rings is 4. The number of hydrogen-bond donors (Lipinski definition) is 1. The molecule has 1 unspecified atom stereocenters. The summed E-state index contributed by atoms with van der Waals surface area (Å²) in [6.45, 7) is 5.83. The molecule has 1 atom stereocenters. The van der Waals surface area contributed by atoms with E-state index in [1.54, 1.807) is 55.6 Å². The van der Waals surface area contributed by atoms with Gasteiger partial charge in [0.25, 0.3) is 17.6 Å². The normalized spacial score (nSPS) is 13.1. The minimum absolute atomic E-state index is 0.107. The van der Waals surface area contributed by atoms with Crippen LogP contribution in [0.15, 0.2) is 97.1 Å². The van der Waals surface area contributed by atoms with Gasteiger partial charge < -0.3 is 15.0 Å². The molecule has 4 aromatic rings. The van der Waals surface area contributed by atoms with Crippen molar-refractivity contribution in [2.24, 2.45) is 0 Å². The van der Waals surface area contributed by atoms with Crippen molar-refractivity contribution in [1.29, 1.82) is 0 Å². The Labute approximate surface area is 257 Å². The number of para-hydroxylation sites is 1. The van der Waals surface area contributed by atoms with Gasteiger partial charge >= 0.3 is 0 Å². The first-order valence-electron chi connectivity index (χ1n) is 14.5. The van der Waals surface area contributed by atoms with Crippen molar-refractivity contribution >= 4 is 34.9 Å². The Balaban J connectivity index is 1.57. The summed E-state index contributed by atoms with van der Waals surface area (Å²) in [7, 11) is 1.57. The largest absolute Gasteiger partial charge is 0.497 e. The SMILES string of the molecule is COc1ccc(NC(=O)C(c2ccc(C(C)C)cc2)N(Cc2ccccc2C)C(=O)CN2C(=O)C(=O)c3ccccc32)cc1. The van der Waals surface area contributed by atoms with Gasteiger partial charge in [-0.05, 0) is 71.5 Å². The second-order valence-corrected chi connectivity index (χ2v) is 11.1. The summed E-state index contributed by atoms with van der Waals surface area (Å²) in [5.41, 5.74) is 4.70. The highest BCUT2D eigenvalue weighted by atomic mass is 16.5. The van der Waals surface area contributed by atoms with Gasteiger partial charge in [-0.25, -0.2) is 0 Å². The lowest BCUT2D eigenvalue weighted by molar-refractivity contribution is -0.139. The van der Waals surface area contributed by atoms with E-state index in [0.29, 0.717) is 22.7 Å². The van der Waals surface area contributed by atoms with Crippen LogP contribution in [0.25, 0.3) is 0 Å². The zero-order valence-electron chi connectivity index (χ0n) is 25.2. The first-order chi connectivity index (χ1) is 21.2. The summed E-state index contributed by atoms with van der Waals surface area (Å²) in [5, 5.41) is 2.97. The summed E-state index contributed by atoms with van der Waals surface area (Å²) in [4.78, 5) is 56.9. The molecule has 8 nitrogen and oxygen atoms in total. The lowest BCUT2D eigenvalue weighted by Crippen LogP contribution is -2.46. The second kappa shape index (κ2) is 13.0. The number of methoxy groups -OCH3 is 1. The predicted octanol–water partition coefficient (Wildman–Crippen LogP) is 6.07. The van der Waals surface area contributed by atoms with Crippen LogP contribution >= 0.6 is 0 Å². The zero-order valence-corrected chi connectivity index (χ0v) is 25.2. The van der Waals surface area contributed by atoms with Gasteiger partial charge in [-0.2, -0.15) is 0 Å². The molecule has 1 heterocycles. The highest BCUT2D eigenvalue weighted by Crippen LogP contribution is 2.31. The van der Waals surface area contributed by atoms with Crippen LogP contribution in [-0.2, 0) is 20.9 Å². The highest BCUT2D eigenvalue weighted by Gasteiger charge is 2.39. The van der Waals surface area contributed by atoms with Crippen LogP contribution in [0.5, 0.6) is 5.75 Å². The van der Waals surface area contributed by atoms with E-state index in [9.17, 15) is 19.2 Å². The molecule has 0 aliphatic carbocycles. The Morgan fingerprint density at radius 1 is 0.841 bits per heavy atom. The molecule has 0 bridgehead atoms. The van der Waals surface area contributed by atoms with E-state index >= 15 is 0 Å². The van der Waals surface area contributed by atoms with Crippen LogP contribution < -0.4 is 15.0 Å². The number of carbonyl (C=O) groups excluding carboxylic acids is 4. The smallest absolute Gasteiger partial charge is 0.299 e. The number of aryl methyl sites for hydroxylation is 1. The fourth-order valence-corrected chi connectivity index (χ4v) is 5.35. The monoisotopic (exact) mass is 589 g/mol. The molecule has 0 saturated heterocycles. The molecule has 8 heteroatoms. The van der Waals surface area contributed by atoms with E-state index < -0.39 is 36.1 Å². The van der Waals surface area contributed by atoms with E-state index in [1.165, 1.54) is 9.80 Å². The van der Waals surface area contributed by atoms with Gasteiger partial charge in [-0.1, -0.05) is 74.5 Å². The molecule has 0 aromatic heterocycles. The summed E-state index contributed by atoms with van der Waals surface area (Å²) in [6.07, 6.45) is 0. The molecule has 0 spiro atoms. The zero-order chi connectivity index (χ0) is 31.4. The summed E-state index contributed by atoms with van der Waals surface area (Å²) in [6, 6.07) is 27.8. The van der Waals surface area contributed by atoms with Gasteiger partial charge in [0.1, 0.15) is 18.3 Å². The van der Waals surface area contributed by atoms with Crippen molar-refractivity contribution in [2.75, 3.05) is 23.9 Å². The first kappa shape index (κ1) is 30.2. The lowest BCUT2D eigenvalue weighted by atomic mass is 9.97. The van der Waals surface area contributed by atoms with E-state index in [4.69, 9.17) is 4.74 Å². The molecule has 3 amide bonds. The molecule has 5 rings (SSSR count). The average Bonchev–Trinajstić information content (AvgIpc) is 3.27. The Hall–Kier alpha value is -5.24. The number of ketones is 1. The van der Waals surface area contributed by atoms with Crippen LogP contribution in [0.1, 0.15) is 58.4 Å². The van der Waals surface area contributed by atoms with E-state index in [1.807, 2.05) is 55.5 Å². The van der Waals surface area contributed by atoms with Crippen molar-refractivity contribution in [1.82, 2.24) is 4.90 Å². The first-order valence-corrected chi connectivity index (χ1v) is 14.5. The minimum Gasteiger partial charge on any atom is -0.497 e. The maximum Gasteiger partial charge on any atom is 0.299 e. The number of anilines is 2. The number of Topliss-reactive ketones (excluding diaryl/α,β-unsaturated/α-hetero) is 1. The van der Waals surface area contributed by atoms with Gasteiger partial charge in [0.15, 0.2) is 0 Å². The molecule has 0 saturated carbocycles. The fraction of sp³-hybridized carbons (Fsp3) is 0.222. The van der Waals surface area contributed by atoms with E-state index in [-0.39, 0.29) is 18.0 Å². The quantitative estimate of drug-likeness (QED) is 0.227. The number of nitrogens with zero attached hydrogens (tertiary/aromatic N) is 2. The van der Waals surface area contributed by atoms with Gasteiger partial charge in [-0.15, -0.1) is 0 Å². The summed E-state index contributed by atoms with van der Waals surface area (Å²) in [5.74, 6) is -1.40. The standard InChI is InChI=1S/C36H35N3O5/c1-23(2)25-13-15-26(16-14-25)33(35(42)37-28-17-19-29(44-4)20-18-28)39(21-27-10-6-5-9-24(27)3)32(40)22-38-31-12-8-7-11-30(31)34(41)36(38)43/h5-20,23,33H,21-22H2,1-4H3,(H,37,42).